The highest BCUT2D eigenvalue weighted by atomic mass is 35.5. The second-order valence-corrected chi connectivity index (χ2v) is 4.97. The zero-order chi connectivity index (χ0) is 13.6. The number of carbonyl (C=O) groups is 1. The number of aromatic amines is 1. The van der Waals surface area contributed by atoms with Crippen LogP contribution in [0.25, 0.3) is 0 Å². The minimum absolute atomic E-state index is 0.0212. The van der Waals surface area contributed by atoms with E-state index in [9.17, 15) is 9.90 Å². The van der Waals surface area contributed by atoms with Crippen molar-refractivity contribution in [2.24, 2.45) is 0 Å². The molecule has 98 valence electrons. The fraction of sp³-hybridized carbons (Fsp3) is 0.231. The first kappa shape index (κ1) is 12.0. The number of rotatable bonds is 1. The van der Waals surface area contributed by atoms with E-state index < -0.39 is 0 Å². The molecule has 2 aromatic rings. The van der Waals surface area contributed by atoms with E-state index in [-0.39, 0.29) is 29.0 Å². The summed E-state index contributed by atoms with van der Waals surface area (Å²) in [5.74, 6) is 0.261. The van der Waals surface area contributed by atoms with Crippen molar-refractivity contribution in [3.63, 3.8) is 0 Å². The Hall–Kier alpha value is -2.01. The van der Waals surface area contributed by atoms with Crippen molar-refractivity contribution >= 4 is 23.3 Å². The van der Waals surface area contributed by atoms with Crippen LogP contribution in [0.4, 0.5) is 5.82 Å². The largest absolute Gasteiger partial charge is 0.506 e. The number of hydrogen-bond acceptors (Lipinski definition) is 3. The summed E-state index contributed by atoms with van der Waals surface area (Å²) in [5, 5.41) is 19.7. The molecule has 0 spiro atoms. The smallest absolute Gasteiger partial charge is 0.226 e. The van der Waals surface area contributed by atoms with E-state index in [1.807, 2.05) is 13.0 Å². The van der Waals surface area contributed by atoms with Crippen LogP contribution in [0.15, 0.2) is 18.2 Å². The summed E-state index contributed by atoms with van der Waals surface area (Å²) >= 11 is 6.15. The molecule has 0 fully saturated rings. The molecule has 19 heavy (non-hydrogen) atoms. The maximum absolute atomic E-state index is 11.7. The Morgan fingerprint density at radius 1 is 1.47 bits per heavy atom. The van der Waals surface area contributed by atoms with Gasteiger partial charge in [-0.2, -0.15) is 5.10 Å². The van der Waals surface area contributed by atoms with Crippen molar-refractivity contribution < 1.29 is 9.90 Å². The number of halogens is 1. The molecule has 1 aliphatic rings. The highest BCUT2D eigenvalue weighted by Gasteiger charge is 2.31. The maximum Gasteiger partial charge on any atom is 0.226 e. The molecule has 1 aliphatic heterocycles. The van der Waals surface area contributed by atoms with E-state index in [0.29, 0.717) is 5.82 Å². The number of anilines is 1. The lowest BCUT2D eigenvalue weighted by molar-refractivity contribution is -0.116. The average Bonchev–Trinajstić information content (AvgIpc) is 2.73. The highest BCUT2D eigenvalue weighted by molar-refractivity contribution is 6.33. The van der Waals surface area contributed by atoms with Crippen LogP contribution < -0.4 is 5.32 Å². The second kappa shape index (κ2) is 4.28. The number of benzene rings is 1. The van der Waals surface area contributed by atoms with Gasteiger partial charge in [-0.25, -0.2) is 0 Å². The predicted octanol–water partition coefficient (Wildman–Crippen LogP) is 2.55. The van der Waals surface area contributed by atoms with Gasteiger partial charge in [-0.05, 0) is 18.6 Å². The van der Waals surface area contributed by atoms with Gasteiger partial charge in [0.05, 0.1) is 5.02 Å². The third-order valence-electron chi connectivity index (χ3n) is 3.37. The molecule has 0 aliphatic carbocycles. The van der Waals surface area contributed by atoms with Gasteiger partial charge in [-0.15, -0.1) is 0 Å². The maximum atomic E-state index is 11.7. The molecule has 1 unspecified atom stereocenters. The quantitative estimate of drug-likeness (QED) is 0.749. The van der Waals surface area contributed by atoms with Gasteiger partial charge >= 0.3 is 0 Å². The molecule has 1 amide bonds. The zero-order valence-electron chi connectivity index (χ0n) is 10.2. The van der Waals surface area contributed by atoms with Gasteiger partial charge in [0, 0.05) is 23.6 Å². The molecule has 0 saturated heterocycles. The van der Waals surface area contributed by atoms with E-state index in [0.717, 1.165) is 16.8 Å². The van der Waals surface area contributed by atoms with Crippen LogP contribution >= 0.6 is 11.6 Å². The first-order chi connectivity index (χ1) is 9.08. The Bertz CT molecular complexity index is 666. The van der Waals surface area contributed by atoms with Crippen LogP contribution in [-0.4, -0.2) is 21.2 Å². The van der Waals surface area contributed by atoms with E-state index in [4.69, 9.17) is 11.6 Å². The summed E-state index contributed by atoms with van der Waals surface area (Å²) in [6.45, 7) is 1.90. The Balaban J connectivity index is 2.17. The second-order valence-electron chi connectivity index (χ2n) is 4.60. The molecule has 0 bridgehead atoms. The first-order valence-corrected chi connectivity index (χ1v) is 6.28. The Morgan fingerprint density at radius 2 is 2.26 bits per heavy atom. The Morgan fingerprint density at radius 3 is 3.05 bits per heavy atom. The number of fused-ring (bicyclic) bond motifs is 1. The first-order valence-electron chi connectivity index (χ1n) is 5.90. The van der Waals surface area contributed by atoms with E-state index in [1.54, 1.807) is 6.07 Å². The molecule has 1 aromatic heterocycles. The molecule has 3 rings (SSSR count). The summed E-state index contributed by atoms with van der Waals surface area (Å²) in [6, 6.07) is 5.07. The summed E-state index contributed by atoms with van der Waals surface area (Å²) in [5.41, 5.74) is 2.55. The molecule has 6 heteroatoms. The van der Waals surface area contributed by atoms with Crippen molar-refractivity contribution in [1.29, 1.82) is 0 Å². The number of nitrogens with zero attached hydrogens (tertiary/aromatic N) is 1. The molecule has 1 atom stereocenters. The highest BCUT2D eigenvalue weighted by Crippen LogP contribution is 2.42. The van der Waals surface area contributed by atoms with Gasteiger partial charge in [0.2, 0.25) is 5.91 Å². The minimum Gasteiger partial charge on any atom is -0.506 e. The lowest BCUT2D eigenvalue weighted by Crippen LogP contribution is -2.23. The fourth-order valence-corrected chi connectivity index (χ4v) is 2.76. The number of amides is 1. The van der Waals surface area contributed by atoms with Crippen LogP contribution in [0, 0.1) is 6.92 Å². The van der Waals surface area contributed by atoms with Gasteiger partial charge in [-0.3, -0.25) is 9.89 Å². The lowest BCUT2D eigenvalue weighted by Gasteiger charge is -2.23. The monoisotopic (exact) mass is 277 g/mol. The molecule has 0 saturated carbocycles. The summed E-state index contributed by atoms with van der Waals surface area (Å²) < 4.78 is 0. The van der Waals surface area contributed by atoms with Crippen molar-refractivity contribution in [2.45, 2.75) is 19.3 Å². The molecular weight excluding hydrogens is 266 g/mol. The molecule has 3 N–H and O–H groups in total. The van der Waals surface area contributed by atoms with Gasteiger partial charge in [0.1, 0.15) is 5.75 Å². The van der Waals surface area contributed by atoms with Gasteiger partial charge in [0.25, 0.3) is 0 Å². The van der Waals surface area contributed by atoms with Gasteiger partial charge in [0.15, 0.2) is 5.82 Å². The number of aromatic hydroxyl groups is 1. The molecule has 1 aromatic carbocycles. The molecule has 2 heterocycles. The Kier molecular flexibility index (Phi) is 2.71. The van der Waals surface area contributed by atoms with Crippen LogP contribution in [0.5, 0.6) is 5.75 Å². The van der Waals surface area contributed by atoms with Crippen LogP contribution in [-0.2, 0) is 4.79 Å². The number of carbonyl (C=O) groups excluding carboxylic acids is 1. The topological polar surface area (TPSA) is 78.0 Å². The Labute approximate surface area is 114 Å². The van der Waals surface area contributed by atoms with Crippen molar-refractivity contribution in [2.75, 3.05) is 5.32 Å². The number of hydrogen-bond donors (Lipinski definition) is 3. The van der Waals surface area contributed by atoms with E-state index >= 15 is 0 Å². The summed E-state index contributed by atoms with van der Waals surface area (Å²) in [4.78, 5) is 11.7. The number of aromatic nitrogens is 2. The van der Waals surface area contributed by atoms with Crippen molar-refractivity contribution in [3.8, 4) is 5.75 Å². The third-order valence-corrected chi connectivity index (χ3v) is 3.79. The average molecular weight is 278 g/mol. The van der Waals surface area contributed by atoms with Crippen molar-refractivity contribution in [3.05, 3.63) is 40.0 Å². The number of nitrogens with one attached hydrogen (secondary N) is 2. The van der Waals surface area contributed by atoms with Crippen molar-refractivity contribution in [1.82, 2.24) is 10.2 Å². The standard InChI is InChI=1S/C13H12ClN3O2/c1-6-11-8(5-10(19)15-13(11)17-16-6)7-3-2-4-9(18)12(7)14/h2-4,8,18H,5H2,1H3,(H2,15,16,17,19). The number of aryl methyl sites for hydroxylation is 1. The minimum atomic E-state index is -0.193. The third kappa shape index (κ3) is 1.86. The predicted molar refractivity (Wildman–Crippen MR) is 71.5 cm³/mol. The SMILES string of the molecule is Cc1[nH]nc2c1C(c1cccc(O)c1Cl)CC(=O)N2. The number of H-pyrrole nitrogens is 1. The summed E-state index contributed by atoms with van der Waals surface area (Å²) in [7, 11) is 0. The van der Waals surface area contributed by atoms with E-state index in [2.05, 4.69) is 15.5 Å². The molecule has 5 nitrogen and oxygen atoms in total. The van der Waals surface area contributed by atoms with Crippen LogP contribution in [0.3, 0.4) is 0 Å². The van der Waals surface area contributed by atoms with Gasteiger partial charge < -0.3 is 10.4 Å². The molecule has 0 radical (unpaired) electrons. The zero-order valence-corrected chi connectivity index (χ0v) is 11.0. The molecular formula is C13H12ClN3O2. The lowest BCUT2D eigenvalue weighted by atomic mass is 9.85. The number of phenols is 1. The fourth-order valence-electron chi connectivity index (χ4n) is 2.50. The van der Waals surface area contributed by atoms with Gasteiger partial charge in [-0.1, -0.05) is 23.7 Å². The van der Waals surface area contributed by atoms with Crippen LogP contribution in [0.1, 0.15) is 29.2 Å². The number of phenolic OH excluding ortho intramolecular Hbond substituents is 1. The van der Waals surface area contributed by atoms with E-state index in [1.165, 1.54) is 6.07 Å². The normalized spacial score (nSPS) is 18.0. The summed E-state index contributed by atoms with van der Waals surface area (Å²) in [6.07, 6.45) is 0.288. The van der Waals surface area contributed by atoms with Crippen LogP contribution in [0.2, 0.25) is 5.02 Å².